The number of carbonyl (C=O) groups is 1. The summed E-state index contributed by atoms with van der Waals surface area (Å²) in [6, 6.07) is 3.96. The van der Waals surface area contributed by atoms with Crippen LogP contribution >= 0.6 is 0 Å². The van der Waals surface area contributed by atoms with Gasteiger partial charge in [-0.05, 0) is 19.4 Å². The van der Waals surface area contributed by atoms with Gasteiger partial charge in [0.25, 0.3) is 11.2 Å². The lowest BCUT2D eigenvalue weighted by Gasteiger charge is -2.06. The maximum atomic E-state index is 12.3. The minimum absolute atomic E-state index is 0.157. The molecule has 0 amide bonds. The molecular formula is C14H15N3O5. The van der Waals surface area contributed by atoms with Crippen LogP contribution in [0.5, 0.6) is 0 Å². The Morgan fingerprint density at radius 1 is 1.45 bits per heavy atom. The molecule has 116 valence electrons. The molecule has 0 aliphatic carbocycles. The minimum Gasteiger partial charge on any atom is -0.466 e. The lowest BCUT2D eigenvalue weighted by molar-refractivity contribution is -0.384. The summed E-state index contributed by atoms with van der Waals surface area (Å²) in [5.74, 6) is -0.320. The number of non-ortho nitro benzene ring substituents is 1. The number of ether oxygens (including phenoxy) is 1. The molecule has 0 N–H and O–H groups in total. The van der Waals surface area contributed by atoms with Crippen LogP contribution in [-0.2, 0) is 16.1 Å². The average Bonchev–Trinajstić information content (AvgIpc) is 2.49. The van der Waals surface area contributed by atoms with E-state index in [4.69, 9.17) is 4.74 Å². The van der Waals surface area contributed by atoms with E-state index in [1.165, 1.54) is 29.1 Å². The zero-order chi connectivity index (χ0) is 16.1. The van der Waals surface area contributed by atoms with Gasteiger partial charge in [-0.15, -0.1) is 0 Å². The topological polar surface area (TPSA) is 104 Å². The molecule has 1 aromatic heterocycles. The highest BCUT2D eigenvalue weighted by Gasteiger charge is 2.11. The first-order valence-corrected chi connectivity index (χ1v) is 6.82. The highest BCUT2D eigenvalue weighted by molar-refractivity contribution is 5.79. The smallest absolute Gasteiger partial charge is 0.305 e. The van der Waals surface area contributed by atoms with E-state index in [2.05, 4.69) is 4.98 Å². The molecule has 8 nitrogen and oxygen atoms in total. The molecule has 8 heteroatoms. The number of esters is 1. The van der Waals surface area contributed by atoms with E-state index in [0.29, 0.717) is 25.1 Å². The van der Waals surface area contributed by atoms with Crippen molar-refractivity contribution in [3.63, 3.8) is 0 Å². The second-order valence-electron chi connectivity index (χ2n) is 4.61. The molecule has 2 aromatic rings. The second kappa shape index (κ2) is 6.79. The molecule has 0 saturated heterocycles. The van der Waals surface area contributed by atoms with Gasteiger partial charge in [0.05, 0.1) is 28.8 Å². The van der Waals surface area contributed by atoms with Gasteiger partial charge < -0.3 is 4.74 Å². The molecule has 1 aromatic carbocycles. The fourth-order valence-electron chi connectivity index (χ4n) is 2.05. The molecule has 0 aliphatic heterocycles. The second-order valence-corrected chi connectivity index (χ2v) is 4.61. The first-order chi connectivity index (χ1) is 10.5. The number of aryl methyl sites for hydroxylation is 1. The van der Waals surface area contributed by atoms with Gasteiger partial charge in [-0.25, -0.2) is 4.98 Å². The molecule has 0 radical (unpaired) electrons. The van der Waals surface area contributed by atoms with E-state index in [1.54, 1.807) is 6.92 Å². The van der Waals surface area contributed by atoms with Crippen molar-refractivity contribution in [3.05, 3.63) is 45.0 Å². The third-order valence-corrected chi connectivity index (χ3v) is 3.10. The van der Waals surface area contributed by atoms with E-state index in [9.17, 15) is 19.7 Å². The summed E-state index contributed by atoms with van der Waals surface area (Å²) >= 11 is 0. The zero-order valence-corrected chi connectivity index (χ0v) is 12.0. The van der Waals surface area contributed by atoms with Crippen molar-refractivity contribution in [3.8, 4) is 0 Å². The Balaban J connectivity index is 2.21. The minimum atomic E-state index is -0.559. The molecule has 22 heavy (non-hydrogen) atoms. The largest absolute Gasteiger partial charge is 0.466 e. The monoisotopic (exact) mass is 305 g/mol. The molecule has 1 heterocycles. The number of carbonyl (C=O) groups excluding carboxylic acids is 1. The SMILES string of the molecule is CCOC(=O)CCCn1cnc2ccc([N+](=O)[O-])cc2c1=O. The predicted octanol–water partition coefficient (Wildman–Crippen LogP) is 1.65. The van der Waals surface area contributed by atoms with Crippen LogP contribution in [0.25, 0.3) is 10.9 Å². The van der Waals surface area contributed by atoms with Crippen molar-refractivity contribution in [1.82, 2.24) is 9.55 Å². The van der Waals surface area contributed by atoms with Crippen LogP contribution in [0.2, 0.25) is 0 Å². The molecule has 0 fully saturated rings. The number of hydrogen-bond donors (Lipinski definition) is 0. The van der Waals surface area contributed by atoms with Crippen molar-refractivity contribution in [2.24, 2.45) is 0 Å². The van der Waals surface area contributed by atoms with E-state index in [1.807, 2.05) is 0 Å². The van der Waals surface area contributed by atoms with E-state index in [0.717, 1.165) is 0 Å². The van der Waals surface area contributed by atoms with Crippen LogP contribution in [0.4, 0.5) is 5.69 Å². The first-order valence-electron chi connectivity index (χ1n) is 6.82. The number of nitro benzene ring substituents is 1. The average molecular weight is 305 g/mol. The highest BCUT2D eigenvalue weighted by atomic mass is 16.6. The lowest BCUT2D eigenvalue weighted by atomic mass is 10.2. The lowest BCUT2D eigenvalue weighted by Crippen LogP contribution is -2.21. The quantitative estimate of drug-likeness (QED) is 0.456. The van der Waals surface area contributed by atoms with Crippen molar-refractivity contribution >= 4 is 22.6 Å². The summed E-state index contributed by atoms with van der Waals surface area (Å²) in [5, 5.41) is 11.0. The number of rotatable bonds is 6. The van der Waals surface area contributed by atoms with E-state index in [-0.39, 0.29) is 29.0 Å². The summed E-state index contributed by atoms with van der Waals surface area (Å²) in [7, 11) is 0. The van der Waals surface area contributed by atoms with Crippen LogP contribution in [0.15, 0.2) is 29.3 Å². The normalized spacial score (nSPS) is 10.6. The van der Waals surface area contributed by atoms with Crippen molar-refractivity contribution in [2.75, 3.05) is 6.61 Å². The summed E-state index contributed by atoms with van der Waals surface area (Å²) < 4.78 is 6.14. The summed E-state index contributed by atoms with van der Waals surface area (Å²) in [6.45, 7) is 2.34. The molecule has 0 atom stereocenters. The first kappa shape index (κ1) is 15.6. The fourth-order valence-corrected chi connectivity index (χ4v) is 2.05. The summed E-state index contributed by atoms with van der Waals surface area (Å²) in [6.07, 6.45) is 2.01. The number of nitro groups is 1. The number of aromatic nitrogens is 2. The van der Waals surface area contributed by atoms with Crippen molar-refractivity contribution < 1.29 is 14.5 Å². The molecule has 0 unspecified atom stereocenters. The highest BCUT2D eigenvalue weighted by Crippen LogP contribution is 2.16. The number of fused-ring (bicyclic) bond motifs is 1. The number of hydrogen-bond acceptors (Lipinski definition) is 6. The maximum Gasteiger partial charge on any atom is 0.305 e. The van der Waals surface area contributed by atoms with E-state index < -0.39 is 4.92 Å². The Bertz CT molecular complexity index is 769. The molecular weight excluding hydrogens is 290 g/mol. The number of benzene rings is 1. The third-order valence-electron chi connectivity index (χ3n) is 3.10. The fraction of sp³-hybridized carbons (Fsp3) is 0.357. The Labute approximate surface area is 125 Å². The van der Waals surface area contributed by atoms with Gasteiger partial charge in [-0.1, -0.05) is 0 Å². The van der Waals surface area contributed by atoms with Gasteiger partial charge in [0, 0.05) is 25.1 Å². The van der Waals surface area contributed by atoms with Gasteiger partial charge >= 0.3 is 5.97 Å². The van der Waals surface area contributed by atoms with Gasteiger partial charge in [-0.3, -0.25) is 24.3 Å². The Hall–Kier alpha value is -2.77. The third kappa shape index (κ3) is 3.46. The molecule has 0 spiro atoms. The van der Waals surface area contributed by atoms with Gasteiger partial charge in [0.2, 0.25) is 0 Å². The van der Waals surface area contributed by atoms with Crippen molar-refractivity contribution in [2.45, 2.75) is 26.3 Å². The van der Waals surface area contributed by atoms with Crippen LogP contribution in [0, 0.1) is 10.1 Å². The Kier molecular flexibility index (Phi) is 4.82. The van der Waals surface area contributed by atoms with Crippen molar-refractivity contribution in [1.29, 1.82) is 0 Å². The standard InChI is InChI=1S/C14H15N3O5/c1-2-22-13(18)4-3-7-16-9-15-12-6-5-10(17(20)21)8-11(12)14(16)19/h5-6,8-9H,2-4,7H2,1H3. The Morgan fingerprint density at radius 2 is 2.23 bits per heavy atom. The summed E-state index contributed by atoms with van der Waals surface area (Å²) in [5.41, 5.74) is -0.120. The van der Waals surface area contributed by atoms with Gasteiger partial charge in [0.1, 0.15) is 0 Å². The maximum absolute atomic E-state index is 12.3. The van der Waals surface area contributed by atoms with Crippen LogP contribution in [-0.4, -0.2) is 27.1 Å². The Morgan fingerprint density at radius 3 is 2.91 bits per heavy atom. The van der Waals surface area contributed by atoms with E-state index >= 15 is 0 Å². The van der Waals surface area contributed by atoms with Gasteiger partial charge in [-0.2, -0.15) is 0 Å². The van der Waals surface area contributed by atoms with Crippen LogP contribution in [0.1, 0.15) is 19.8 Å². The number of nitrogens with zero attached hydrogens (tertiary/aromatic N) is 3. The molecule has 0 aliphatic rings. The zero-order valence-electron chi connectivity index (χ0n) is 12.0. The molecule has 2 rings (SSSR count). The summed E-state index contributed by atoms with van der Waals surface area (Å²) in [4.78, 5) is 37.9. The van der Waals surface area contributed by atoms with Crippen LogP contribution < -0.4 is 5.56 Å². The molecule has 0 saturated carbocycles. The molecule has 0 bridgehead atoms. The van der Waals surface area contributed by atoms with Crippen LogP contribution in [0.3, 0.4) is 0 Å². The predicted molar refractivity (Wildman–Crippen MR) is 78.5 cm³/mol. The van der Waals surface area contributed by atoms with Gasteiger partial charge in [0.15, 0.2) is 0 Å².